The molecule has 1 fully saturated rings. The lowest BCUT2D eigenvalue weighted by atomic mass is 10.2. The average molecular weight is 205 g/mol. The van der Waals surface area contributed by atoms with Crippen LogP contribution in [-0.4, -0.2) is 39.5 Å². The second kappa shape index (κ2) is 4.45. The Bertz CT molecular complexity index is 326. The molecule has 3 heteroatoms. The number of benzene rings is 1. The van der Waals surface area contributed by atoms with Gasteiger partial charge in [0.1, 0.15) is 6.29 Å². The molecular weight excluding hydrogens is 188 g/mol. The smallest absolute Gasteiger partial charge is 0.150 e. The van der Waals surface area contributed by atoms with Crippen LogP contribution < -0.4 is 9.80 Å². The standard InChI is InChI=1S/C12H16N2O/c1-13-6-8-14(9-7-13)12-4-2-11(10-15)3-5-12/h2-5,10H,6-9H2,1H3/p+1. The molecule has 1 N–H and O–H groups in total. The molecule has 0 radical (unpaired) electrons. The molecule has 0 bridgehead atoms. The van der Waals surface area contributed by atoms with E-state index in [1.807, 2.05) is 24.3 Å². The van der Waals surface area contributed by atoms with Crippen LogP contribution in [0.5, 0.6) is 0 Å². The van der Waals surface area contributed by atoms with E-state index in [2.05, 4.69) is 11.9 Å². The van der Waals surface area contributed by atoms with Crippen LogP contribution >= 0.6 is 0 Å². The van der Waals surface area contributed by atoms with Crippen LogP contribution in [0.4, 0.5) is 5.69 Å². The van der Waals surface area contributed by atoms with Gasteiger partial charge in [-0.1, -0.05) is 0 Å². The van der Waals surface area contributed by atoms with Crippen LogP contribution in [0, 0.1) is 0 Å². The van der Waals surface area contributed by atoms with Gasteiger partial charge >= 0.3 is 0 Å². The number of quaternary nitrogens is 1. The van der Waals surface area contributed by atoms with Crippen molar-refractivity contribution in [1.82, 2.24) is 0 Å². The van der Waals surface area contributed by atoms with Gasteiger partial charge in [0.25, 0.3) is 0 Å². The minimum atomic E-state index is 0.749. The average Bonchev–Trinajstić information content (AvgIpc) is 2.30. The van der Waals surface area contributed by atoms with Crippen molar-refractivity contribution in [2.45, 2.75) is 0 Å². The number of piperazine rings is 1. The third-order valence-electron chi connectivity index (χ3n) is 3.01. The number of likely N-dealkylation sites (N-methyl/N-ethyl adjacent to an activating group) is 1. The molecule has 1 saturated heterocycles. The largest absolute Gasteiger partial charge is 0.360 e. The van der Waals surface area contributed by atoms with Crippen LogP contribution in [0.1, 0.15) is 10.4 Å². The summed E-state index contributed by atoms with van der Waals surface area (Å²) < 4.78 is 0. The molecule has 1 aliphatic rings. The molecule has 0 spiro atoms. The number of nitrogens with one attached hydrogen (secondary N) is 1. The summed E-state index contributed by atoms with van der Waals surface area (Å²) in [7, 11) is 2.23. The molecule has 0 saturated carbocycles. The molecule has 1 heterocycles. The summed E-state index contributed by atoms with van der Waals surface area (Å²) in [6.07, 6.45) is 0.887. The highest BCUT2D eigenvalue weighted by atomic mass is 16.1. The molecule has 0 aromatic heterocycles. The predicted molar refractivity (Wildman–Crippen MR) is 60.7 cm³/mol. The van der Waals surface area contributed by atoms with Crippen molar-refractivity contribution in [2.75, 3.05) is 38.1 Å². The molecular formula is C12H17N2O+. The summed E-state index contributed by atoms with van der Waals surface area (Å²) in [4.78, 5) is 14.5. The number of carbonyl (C=O) groups is 1. The Morgan fingerprint density at radius 2 is 1.80 bits per heavy atom. The first-order valence-electron chi connectivity index (χ1n) is 5.41. The van der Waals surface area contributed by atoms with Gasteiger partial charge < -0.3 is 9.80 Å². The number of aldehydes is 1. The summed E-state index contributed by atoms with van der Waals surface area (Å²) in [5.41, 5.74) is 1.98. The number of anilines is 1. The fourth-order valence-corrected chi connectivity index (χ4v) is 1.91. The fraction of sp³-hybridized carbons (Fsp3) is 0.417. The van der Waals surface area contributed by atoms with E-state index >= 15 is 0 Å². The van der Waals surface area contributed by atoms with Crippen LogP contribution in [0.15, 0.2) is 24.3 Å². The molecule has 80 valence electrons. The van der Waals surface area contributed by atoms with Crippen molar-refractivity contribution in [2.24, 2.45) is 0 Å². The monoisotopic (exact) mass is 205 g/mol. The lowest BCUT2D eigenvalue weighted by molar-refractivity contribution is -0.880. The van der Waals surface area contributed by atoms with Crippen LogP contribution in [-0.2, 0) is 0 Å². The van der Waals surface area contributed by atoms with Gasteiger partial charge in [-0.2, -0.15) is 0 Å². The molecule has 1 aromatic carbocycles. The predicted octanol–water partition coefficient (Wildman–Crippen LogP) is -0.166. The van der Waals surface area contributed by atoms with Crippen molar-refractivity contribution in [1.29, 1.82) is 0 Å². The maximum absolute atomic E-state index is 10.5. The molecule has 1 aliphatic heterocycles. The zero-order chi connectivity index (χ0) is 10.7. The third kappa shape index (κ3) is 2.36. The molecule has 1 aromatic rings. The fourth-order valence-electron chi connectivity index (χ4n) is 1.91. The molecule has 0 atom stereocenters. The zero-order valence-corrected chi connectivity index (χ0v) is 9.07. The lowest BCUT2D eigenvalue weighted by Crippen LogP contribution is -3.12. The van der Waals surface area contributed by atoms with E-state index < -0.39 is 0 Å². The Labute approximate surface area is 90.3 Å². The maximum Gasteiger partial charge on any atom is 0.150 e. The SMILES string of the molecule is C[NH+]1CCN(c2ccc(C=O)cc2)CC1. The molecule has 0 aliphatic carbocycles. The molecule has 2 rings (SSSR count). The van der Waals surface area contributed by atoms with Gasteiger partial charge in [-0.15, -0.1) is 0 Å². The van der Waals surface area contributed by atoms with Crippen molar-refractivity contribution < 1.29 is 9.69 Å². The van der Waals surface area contributed by atoms with E-state index in [9.17, 15) is 4.79 Å². The molecule has 3 nitrogen and oxygen atoms in total. The highest BCUT2D eigenvalue weighted by Gasteiger charge is 2.16. The summed E-state index contributed by atoms with van der Waals surface area (Å²) in [5, 5.41) is 0. The number of nitrogens with zero attached hydrogens (tertiary/aromatic N) is 1. The van der Waals surface area contributed by atoms with Crippen molar-refractivity contribution >= 4 is 12.0 Å². The summed E-state index contributed by atoms with van der Waals surface area (Å²) in [5.74, 6) is 0. The van der Waals surface area contributed by atoms with Gasteiger partial charge in [-0.25, -0.2) is 0 Å². The lowest BCUT2D eigenvalue weighted by Gasteiger charge is -2.31. The van der Waals surface area contributed by atoms with Gasteiger partial charge in [-0.05, 0) is 24.3 Å². The Morgan fingerprint density at radius 3 is 2.33 bits per heavy atom. The first kappa shape index (κ1) is 10.2. The van der Waals surface area contributed by atoms with Gasteiger partial charge in [-0.3, -0.25) is 4.79 Å². The van der Waals surface area contributed by atoms with Crippen molar-refractivity contribution in [3.05, 3.63) is 29.8 Å². The Kier molecular flexibility index (Phi) is 3.02. The summed E-state index contributed by atoms with van der Waals surface area (Å²) >= 11 is 0. The van der Waals surface area contributed by atoms with Gasteiger partial charge in [0, 0.05) is 11.3 Å². The Hall–Kier alpha value is -1.35. The molecule has 15 heavy (non-hydrogen) atoms. The third-order valence-corrected chi connectivity index (χ3v) is 3.01. The minimum absolute atomic E-state index is 0.749. The first-order chi connectivity index (χ1) is 7.29. The number of carbonyl (C=O) groups excluding carboxylic acids is 1. The van der Waals surface area contributed by atoms with Gasteiger partial charge in [0.05, 0.1) is 33.2 Å². The number of rotatable bonds is 2. The van der Waals surface area contributed by atoms with Crippen molar-refractivity contribution in [3.8, 4) is 0 Å². The van der Waals surface area contributed by atoms with Gasteiger partial charge in [0.15, 0.2) is 0 Å². The van der Waals surface area contributed by atoms with Crippen LogP contribution in [0.3, 0.4) is 0 Å². The van der Waals surface area contributed by atoms with E-state index in [1.54, 1.807) is 4.90 Å². The zero-order valence-electron chi connectivity index (χ0n) is 9.07. The molecule has 0 amide bonds. The first-order valence-corrected chi connectivity index (χ1v) is 5.41. The Morgan fingerprint density at radius 1 is 1.20 bits per heavy atom. The van der Waals surface area contributed by atoms with Crippen LogP contribution in [0.2, 0.25) is 0 Å². The van der Waals surface area contributed by atoms with Crippen molar-refractivity contribution in [3.63, 3.8) is 0 Å². The van der Waals surface area contributed by atoms with Crippen LogP contribution in [0.25, 0.3) is 0 Å². The quantitative estimate of drug-likeness (QED) is 0.678. The minimum Gasteiger partial charge on any atom is -0.360 e. The summed E-state index contributed by atoms with van der Waals surface area (Å²) in [6.45, 7) is 4.59. The second-order valence-electron chi connectivity index (χ2n) is 4.15. The highest BCUT2D eigenvalue weighted by molar-refractivity contribution is 5.75. The topological polar surface area (TPSA) is 24.8 Å². The Balaban J connectivity index is 2.06. The highest BCUT2D eigenvalue weighted by Crippen LogP contribution is 2.14. The van der Waals surface area contributed by atoms with E-state index in [0.29, 0.717) is 0 Å². The van der Waals surface area contributed by atoms with E-state index in [-0.39, 0.29) is 0 Å². The van der Waals surface area contributed by atoms with Gasteiger partial charge in [0.2, 0.25) is 0 Å². The maximum atomic E-state index is 10.5. The molecule has 0 unspecified atom stereocenters. The summed E-state index contributed by atoms with van der Waals surface area (Å²) in [6, 6.07) is 7.83. The van der Waals surface area contributed by atoms with E-state index in [1.165, 1.54) is 18.8 Å². The second-order valence-corrected chi connectivity index (χ2v) is 4.15. The number of hydrogen-bond donors (Lipinski definition) is 1. The number of hydrogen-bond acceptors (Lipinski definition) is 2. The van der Waals surface area contributed by atoms with E-state index in [4.69, 9.17) is 0 Å². The normalized spacial score (nSPS) is 17.8. The van der Waals surface area contributed by atoms with E-state index in [0.717, 1.165) is 24.9 Å².